The van der Waals surface area contributed by atoms with Crippen LogP contribution in [0.15, 0.2) is 16.8 Å². The van der Waals surface area contributed by atoms with Crippen molar-refractivity contribution in [3.05, 3.63) is 29.7 Å². The fourth-order valence-corrected chi connectivity index (χ4v) is 1.80. The van der Waals surface area contributed by atoms with Crippen LogP contribution < -0.4 is 0 Å². The number of Topliss-reactive ketones (excluding diaryl/α,β-unsaturated/α-hetero) is 1. The lowest BCUT2D eigenvalue weighted by molar-refractivity contribution is 0.0974. The highest BCUT2D eigenvalue weighted by molar-refractivity contribution is 7.97. The topological polar surface area (TPSA) is 73.8 Å². The van der Waals surface area contributed by atoms with E-state index < -0.39 is 0 Å². The van der Waals surface area contributed by atoms with Gasteiger partial charge in [-0.1, -0.05) is 5.16 Å². The summed E-state index contributed by atoms with van der Waals surface area (Å²) < 4.78 is 6.53. The van der Waals surface area contributed by atoms with Crippen LogP contribution in [0.25, 0.3) is 0 Å². The average Bonchev–Trinajstić information content (AvgIpc) is 2.88. The lowest BCUT2D eigenvalue weighted by Crippen LogP contribution is -2.09. The number of carbonyl (C=O) groups excluding carboxylic acids is 1. The van der Waals surface area contributed by atoms with Gasteiger partial charge in [0.05, 0.1) is 12.2 Å². The Hall–Kier alpha value is -1.63. The second kappa shape index (κ2) is 5.13. The molecule has 0 bridgehead atoms. The van der Waals surface area contributed by atoms with Crippen LogP contribution in [0.5, 0.6) is 0 Å². The monoisotopic (exact) mass is 252 g/mol. The predicted molar refractivity (Wildman–Crippen MR) is 62.8 cm³/mol. The zero-order valence-electron chi connectivity index (χ0n) is 9.58. The van der Waals surface area contributed by atoms with Crippen LogP contribution in [0.4, 0.5) is 0 Å². The zero-order chi connectivity index (χ0) is 12.3. The molecule has 0 saturated heterocycles. The molecule has 6 nitrogen and oxygen atoms in total. The SMILES string of the molecule is CSCc1noc(CC(=O)c2ccnn2C)n1. The minimum atomic E-state index is -0.0793. The summed E-state index contributed by atoms with van der Waals surface area (Å²) in [6.07, 6.45) is 3.65. The van der Waals surface area contributed by atoms with Gasteiger partial charge < -0.3 is 4.52 Å². The van der Waals surface area contributed by atoms with Crippen LogP contribution in [0.2, 0.25) is 0 Å². The number of rotatable bonds is 5. The Morgan fingerprint density at radius 1 is 1.59 bits per heavy atom. The van der Waals surface area contributed by atoms with Crippen LogP contribution in [0.3, 0.4) is 0 Å². The molecule has 0 amide bonds. The van der Waals surface area contributed by atoms with Crippen LogP contribution in [-0.4, -0.2) is 32.0 Å². The molecule has 0 aromatic carbocycles. The van der Waals surface area contributed by atoms with Crippen LogP contribution >= 0.6 is 11.8 Å². The average molecular weight is 252 g/mol. The van der Waals surface area contributed by atoms with E-state index in [0.29, 0.717) is 23.2 Å². The normalized spacial score (nSPS) is 10.7. The lowest BCUT2D eigenvalue weighted by atomic mass is 10.2. The summed E-state index contributed by atoms with van der Waals surface area (Å²) in [7, 11) is 1.72. The molecule has 2 aromatic rings. The Bertz CT molecular complexity index is 520. The maximum atomic E-state index is 11.9. The number of nitrogens with zero attached hydrogens (tertiary/aromatic N) is 4. The molecular formula is C10H12N4O2S. The lowest BCUT2D eigenvalue weighted by Gasteiger charge is -1.97. The molecule has 0 spiro atoms. The quantitative estimate of drug-likeness (QED) is 0.742. The van der Waals surface area contributed by atoms with Gasteiger partial charge in [0, 0.05) is 13.2 Å². The number of aromatic nitrogens is 4. The first-order chi connectivity index (χ1) is 8.20. The number of ketones is 1. The summed E-state index contributed by atoms with van der Waals surface area (Å²) in [5, 5.41) is 7.72. The van der Waals surface area contributed by atoms with E-state index >= 15 is 0 Å². The summed E-state index contributed by atoms with van der Waals surface area (Å²) in [6, 6.07) is 1.67. The van der Waals surface area contributed by atoms with Gasteiger partial charge in [0.2, 0.25) is 5.89 Å². The molecule has 2 aromatic heterocycles. The van der Waals surface area contributed by atoms with Gasteiger partial charge in [0.15, 0.2) is 11.6 Å². The van der Waals surface area contributed by atoms with Crippen LogP contribution in [0.1, 0.15) is 22.2 Å². The minimum absolute atomic E-state index is 0.0793. The van der Waals surface area contributed by atoms with Gasteiger partial charge >= 0.3 is 0 Å². The fraction of sp³-hybridized carbons (Fsp3) is 0.400. The highest BCUT2D eigenvalue weighted by Gasteiger charge is 2.15. The van der Waals surface area contributed by atoms with Gasteiger partial charge in [-0.3, -0.25) is 9.48 Å². The van der Waals surface area contributed by atoms with E-state index in [0.717, 1.165) is 0 Å². The molecule has 0 atom stereocenters. The molecular weight excluding hydrogens is 240 g/mol. The van der Waals surface area contributed by atoms with Crippen molar-refractivity contribution in [1.29, 1.82) is 0 Å². The summed E-state index contributed by atoms with van der Waals surface area (Å²) in [6.45, 7) is 0. The molecule has 0 aliphatic carbocycles. The Morgan fingerprint density at radius 2 is 2.41 bits per heavy atom. The van der Waals surface area contributed by atoms with Gasteiger partial charge in [-0.05, 0) is 12.3 Å². The third-order valence-corrected chi connectivity index (χ3v) is 2.75. The van der Waals surface area contributed by atoms with E-state index in [4.69, 9.17) is 4.52 Å². The van der Waals surface area contributed by atoms with Crippen molar-refractivity contribution < 1.29 is 9.32 Å². The predicted octanol–water partition coefficient (Wildman–Crippen LogP) is 1.09. The highest BCUT2D eigenvalue weighted by Crippen LogP contribution is 2.08. The molecule has 0 N–H and O–H groups in total. The molecule has 0 aliphatic heterocycles. The molecule has 17 heavy (non-hydrogen) atoms. The fourth-order valence-electron chi connectivity index (χ4n) is 1.43. The zero-order valence-corrected chi connectivity index (χ0v) is 10.4. The summed E-state index contributed by atoms with van der Waals surface area (Å²) >= 11 is 1.60. The van der Waals surface area contributed by atoms with Crippen molar-refractivity contribution in [3.8, 4) is 0 Å². The van der Waals surface area contributed by atoms with Gasteiger partial charge in [-0.25, -0.2) is 0 Å². The maximum Gasteiger partial charge on any atom is 0.234 e. The summed E-state index contributed by atoms with van der Waals surface area (Å²) in [5.41, 5.74) is 0.537. The molecule has 2 rings (SSSR count). The first-order valence-electron chi connectivity index (χ1n) is 5.02. The van der Waals surface area contributed by atoms with Gasteiger partial charge in [0.25, 0.3) is 0 Å². The van der Waals surface area contributed by atoms with Crippen molar-refractivity contribution >= 4 is 17.5 Å². The number of aryl methyl sites for hydroxylation is 1. The van der Waals surface area contributed by atoms with E-state index in [1.807, 2.05) is 6.26 Å². The van der Waals surface area contributed by atoms with Crippen molar-refractivity contribution in [2.75, 3.05) is 6.26 Å². The van der Waals surface area contributed by atoms with Crippen LogP contribution in [-0.2, 0) is 19.2 Å². The largest absolute Gasteiger partial charge is 0.339 e. The molecule has 0 unspecified atom stereocenters. The molecule has 0 radical (unpaired) electrons. The van der Waals surface area contributed by atoms with E-state index in [2.05, 4.69) is 15.2 Å². The molecule has 7 heteroatoms. The van der Waals surface area contributed by atoms with Gasteiger partial charge in [-0.2, -0.15) is 21.8 Å². The Labute approximate surface area is 102 Å². The number of carbonyl (C=O) groups is 1. The van der Waals surface area contributed by atoms with E-state index in [1.54, 1.807) is 31.1 Å². The molecule has 0 fully saturated rings. The Balaban J connectivity index is 2.05. The number of hydrogen-bond acceptors (Lipinski definition) is 6. The smallest absolute Gasteiger partial charge is 0.234 e. The third kappa shape index (κ3) is 2.73. The van der Waals surface area contributed by atoms with Gasteiger partial charge in [-0.15, -0.1) is 0 Å². The summed E-state index contributed by atoms with van der Waals surface area (Å²) in [5.74, 6) is 1.57. The van der Waals surface area contributed by atoms with Crippen molar-refractivity contribution in [2.24, 2.45) is 7.05 Å². The van der Waals surface area contributed by atoms with Crippen LogP contribution in [0, 0.1) is 0 Å². The first kappa shape index (κ1) is 11.8. The number of thioether (sulfide) groups is 1. The minimum Gasteiger partial charge on any atom is -0.339 e. The molecule has 0 saturated carbocycles. The molecule has 90 valence electrons. The standard InChI is InChI=1S/C10H12N4O2S/c1-14-7(3-4-11-14)8(15)5-10-12-9(6-17-2)13-16-10/h3-4H,5-6H2,1-2H3. The first-order valence-corrected chi connectivity index (χ1v) is 6.41. The second-order valence-electron chi connectivity index (χ2n) is 3.48. The van der Waals surface area contributed by atoms with Crippen molar-refractivity contribution in [2.45, 2.75) is 12.2 Å². The highest BCUT2D eigenvalue weighted by atomic mass is 32.2. The molecule has 2 heterocycles. The van der Waals surface area contributed by atoms with Crippen molar-refractivity contribution in [1.82, 2.24) is 19.9 Å². The number of hydrogen-bond donors (Lipinski definition) is 0. The van der Waals surface area contributed by atoms with Crippen molar-refractivity contribution in [3.63, 3.8) is 0 Å². The Morgan fingerprint density at radius 3 is 3.06 bits per heavy atom. The third-order valence-electron chi connectivity index (χ3n) is 2.20. The maximum absolute atomic E-state index is 11.9. The van der Waals surface area contributed by atoms with E-state index in [1.165, 1.54) is 4.68 Å². The van der Waals surface area contributed by atoms with E-state index in [9.17, 15) is 4.79 Å². The second-order valence-corrected chi connectivity index (χ2v) is 4.34. The van der Waals surface area contributed by atoms with E-state index in [-0.39, 0.29) is 12.2 Å². The van der Waals surface area contributed by atoms with Gasteiger partial charge in [0.1, 0.15) is 5.69 Å². The Kier molecular flexibility index (Phi) is 3.58. The molecule has 0 aliphatic rings. The summed E-state index contributed by atoms with van der Waals surface area (Å²) in [4.78, 5) is 16.0.